The number of hydrogen-bond donors (Lipinski definition) is 0. The molecule has 2 atom stereocenters. The second-order valence-electron chi connectivity index (χ2n) is 7.19. The molecule has 1 amide bonds. The Balaban J connectivity index is 1.65. The number of nitrogens with zero attached hydrogens (tertiary/aromatic N) is 1. The topological polar surface area (TPSA) is 63.7 Å². The Bertz CT molecular complexity index is 857. The number of carbonyl (C=O) groups is 3. The molecule has 0 radical (unpaired) electrons. The summed E-state index contributed by atoms with van der Waals surface area (Å²) in [7, 11) is 0. The molecule has 2 saturated heterocycles. The van der Waals surface area contributed by atoms with Crippen molar-refractivity contribution in [2.24, 2.45) is 0 Å². The van der Waals surface area contributed by atoms with Gasteiger partial charge in [-0.2, -0.15) is 0 Å². The lowest BCUT2D eigenvalue weighted by Gasteiger charge is -2.36. The van der Waals surface area contributed by atoms with Gasteiger partial charge in [-0.15, -0.1) is 11.8 Å². The standard InChI is InChI=1S/C21H19NO4S/c1-21(2)17(22-18(24)15(23)19(22)27-21)20(25)26-16(13-9-5-3-6-10-13)14-11-7-4-8-12-14/h3-12,16-17,19H,1-2H3/t17-,19+/m0/s1. The first kappa shape index (κ1) is 17.8. The molecular formula is C21H19NO4S. The number of fused-ring (bicyclic) bond motifs is 1. The summed E-state index contributed by atoms with van der Waals surface area (Å²) in [6, 6.07) is 18.2. The van der Waals surface area contributed by atoms with Crippen LogP contribution in [0.3, 0.4) is 0 Å². The van der Waals surface area contributed by atoms with Crippen LogP contribution < -0.4 is 0 Å². The van der Waals surface area contributed by atoms with Gasteiger partial charge in [0.25, 0.3) is 11.7 Å². The molecule has 0 saturated carbocycles. The number of esters is 1. The fraction of sp³-hybridized carbons (Fsp3) is 0.286. The van der Waals surface area contributed by atoms with Crippen LogP contribution in [0.5, 0.6) is 0 Å². The van der Waals surface area contributed by atoms with E-state index in [0.717, 1.165) is 11.1 Å². The molecule has 2 heterocycles. The number of β-lactam (4-membered cyclic amide) rings is 1. The maximum Gasteiger partial charge on any atom is 0.331 e. The molecule has 2 aliphatic rings. The van der Waals surface area contributed by atoms with Gasteiger partial charge >= 0.3 is 5.97 Å². The number of hydrogen-bond acceptors (Lipinski definition) is 5. The van der Waals surface area contributed by atoms with Crippen LogP contribution in [0.25, 0.3) is 0 Å². The third-order valence-corrected chi connectivity index (χ3v) is 6.43. The molecule has 0 bridgehead atoms. The fourth-order valence-corrected chi connectivity index (χ4v) is 5.06. The Labute approximate surface area is 161 Å². The molecule has 0 aliphatic carbocycles. The van der Waals surface area contributed by atoms with Gasteiger partial charge in [0.2, 0.25) is 0 Å². The number of amides is 1. The van der Waals surface area contributed by atoms with Crippen molar-refractivity contribution in [3.8, 4) is 0 Å². The number of benzene rings is 2. The Morgan fingerprint density at radius 2 is 1.52 bits per heavy atom. The highest BCUT2D eigenvalue weighted by molar-refractivity contribution is 8.02. The molecule has 2 aromatic carbocycles. The first-order valence-corrected chi connectivity index (χ1v) is 9.63. The summed E-state index contributed by atoms with van der Waals surface area (Å²) >= 11 is 1.34. The number of ketones is 1. The molecule has 0 unspecified atom stereocenters. The van der Waals surface area contributed by atoms with E-state index in [1.165, 1.54) is 16.7 Å². The third-order valence-electron chi connectivity index (χ3n) is 4.94. The van der Waals surface area contributed by atoms with Gasteiger partial charge in [0.1, 0.15) is 11.4 Å². The average molecular weight is 381 g/mol. The van der Waals surface area contributed by atoms with Crippen LogP contribution in [0.2, 0.25) is 0 Å². The highest BCUT2D eigenvalue weighted by atomic mass is 32.2. The quantitative estimate of drug-likeness (QED) is 0.463. The molecule has 6 heteroatoms. The van der Waals surface area contributed by atoms with Crippen molar-refractivity contribution in [3.05, 3.63) is 71.8 Å². The zero-order valence-electron chi connectivity index (χ0n) is 15.0. The summed E-state index contributed by atoms with van der Waals surface area (Å²) in [6.07, 6.45) is -0.577. The van der Waals surface area contributed by atoms with E-state index in [1.54, 1.807) is 0 Å². The first-order valence-electron chi connectivity index (χ1n) is 8.75. The molecule has 0 spiro atoms. The number of Topliss-reactive ketones (excluding diaryl/α,β-unsaturated/α-hetero) is 1. The summed E-state index contributed by atoms with van der Waals surface area (Å²) in [5, 5.41) is -0.572. The van der Waals surface area contributed by atoms with E-state index in [-0.39, 0.29) is 0 Å². The average Bonchev–Trinajstić information content (AvgIpc) is 2.95. The Kier molecular flexibility index (Phi) is 4.30. The second-order valence-corrected chi connectivity index (χ2v) is 8.93. The predicted molar refractivity (Wildman–Crippen MR) is 102 cm³/mol. The van der Waals surface area contributed by atoms with E-state index >= 15 is 0 Å². The summed E-state index contributed by atoms with van der Waals surface area (Å²) in [4.78, 5) is 38.3. The molecule has 2 aliphatic heterocycles. The van der Waals surface area contributed by atoms with Crippen LogP contribution in [0, 0.1) is 0 Å². The zero-order chi connectivity index (χ0) is 19.2. The molecule has 138 valence electrons. The van der Waals surface area contributed by atoms with Crippen molar-refractivity contribution in [2.45, 2.75) is 36.1 Å². The van der Waals surface area contributed by atoms with Crippen LogP contribution in [0.4, 0.5) is 0 Å². The maximum atomic E-state index is 13.1. The highest BCUT2D eigenvalue weighted by Crippen LogP contribution is 2.49. The lowest BCUT2D eigenvalue weighted by Crippen LogP contribution is -2.63. The van der Waals surface area contributed by atoms with Gasteiger partial charge < -0.3 is 9.64 Å². The minimum absolute atomic E-state index is 0.439. The van der Waals surface area contributed by atoms with Gasteiger partial charge in [0.15, 0.2) is 6.10 Å². The molecular weight excluding hydrogens is 362 g/mol. The Morgan fingerprint density at radius 3 is 2.04 bits per heavy atom. The number of ether oxygens (including phenoxy) is 1. The third kappa shape index (κ3) is 2.94. The lowest BCUT2D eigenvalue weighted by molar-refractivity contribution is -0.168. The predicted octanol–water partition coefficient (Wildman–Crippen LogP) is 2.95. The van der Waals surface area contributed by atoms with Crippen molar-refractivity contribution in [3.63, 3.8) is 0 Å². The van der Waals surface area contributed by atoms with Gasteiger partial charge in [0.05, 0.1) is 0 Å². The molecule has 2 aromatic rings. The van der Waals surface area contributed by atoms with Crippen molar-refractivity contribution in [1.82, 2.24) is 4.90 Å². The second kappa shape index (κ2) is 6.53. The maximum absolute atomic E-state index is 13.1. The van der Waals surface area contributed by atoms with E-state index in [2.05, 4.69) is 0 Å². The molecule has 0 N–H and O–H groups in total. The van der Waals surface area contributed by atoms with Gasteiger partial charge in [-0.05, 0) is 25.0 Å². The number of carbonyl (C=O) groups excluding carboxylic acids is 3. The van der Waals surface area contributed by atoms with Crippen LogP contribution in [0.1, 0.15) is 31.1 Å². The van der Waals surface area contributed by atoms with Crippen LogP contribution in [0.15, 0.2) is 60.7 Å². The van der Waals surface area contributed by atoms with Crippen molar-refractivity contribution >= 4 is 29.4 Å². The van der Waals surface area contributed by atoms with Crippen molar-refractivity contribution in [2.75, 3.05) is 0 Å². The van der Waals surface area contributed by atoms with E-state index < -0.39 is 39.9 Å². The number of rotatable bonds is 4. The molecule has 0 aromatic heterocycles. The normalized spacial score (nSPS) is 23.1. The Morgan fingerprint density at radius 1 is 1.00 bits per heavy atom. The molecule has 5 nitrogen and oxygen atoms in total. The minimum Gasteiger partial charge on any atom is -0.451 e. The van der Waals surface area contributed by atoms with E-state index in [9.17, 15) is 14.4 Å². The molecule has 4 rings (SSSR count). The Hall–Kier alpha value is -2.60. The van der Waals surface area contributed by atoms with Gasteiger partial charge in [-0.1, -0.05) is 60.7 Å². The van der Waals surface area contributed by atoms with Crippen LogP contribution >= 0.6 is 11.8 Å². The summed E-state index contributed by atoms with van der Waals surface area (Å²) in [6.45, 7) is 3.73. The van der Waals surface area contributed by atoms with Crippen LogP contribution in [-0.4, -0.2) is 38.7 Å². The monoisotopic (exact) mass is 381 g/mol. The zero-order valence-corrected chi connectivity index (χ0v) is 15.8. The summed E-state index contributed by atoms with van der Waals surface area (Å²) in [5.41, 5.74) is 1.70. The van der Waals surface area contributed by atoms with E-state index in [0.29, 0.717) is 0 Å². The summed E-state index contributed by atoms with van der Waals surface area (Å²) in [5.74, 6) is -1.53. The van der Waals surface area contributed by atoms with Gasteiger partial charge in [0, 0.05) is 4.75 Å². The minimum atomic E-state index is -0.785. The molecule has 2 fully saturated rings. The van der Waals surface area contributed by atoms with Crippen molar-refractivity contribution in [1.29, 1.82) is 0 Å². The highest BCUT2D eigenvalue weighted by Gasteiger charge is 2.64. The van der Waals surface area contributed by atoms with E-state index in [4.69, 9.17) is 4.74 Å². The van der Waals surface area contributed by atoms with Gasteiger partial charge in [-0.25, -0.2) is 4.79 Å². The SMILES string of the molecule is CC1(C)S[C@@H]2C(=O)C(=O)N2[C@H]1C(=O)OC(c1ccccc1)c1ccccc1. The summed E-state index contributed by atoms with van der Waals surface area (Å²) < 4.78 is 5.33. The van der Waals surface area contributed by atoms with Gasteiger partial charge in [-0.3, -0.25) is 9.59 Å². The largest absolute Gasteiger partial charge is 0.451 e. The van der Waals surface area contributed by atoms with Crippen molar-refractivity contribution < 1.29 is 19.1 Å². The van der Waals surface area contributed by atoms with E-state index in [1.807, 2.05) is 74.5 Å². The number of thioether (sulfide) groups is 1. The smallest absolute Gasteiger partial charge is 0.331 e. The lowest BCUT2D eigenvalue weighted by atomic mass is 9.97. The van der Waals surface area contributed by atoms with Crippen LogP contribution in [-0.2, 0) is 19.1 Å². The fourth-order valence-electron chi connectivity index (χ4n) is 3.61. The first-order chi connectivity index (χ1) is 12.9. The molecule has 27 heavy (non-hydrogen) atoms.